The fraction of sp³-hybridized carbons (Fsp3) is 0.889. The molecule has 1 aliphatic rings. The molecule has 0 amide bonds. The highest BCUT2D eigenvalue weighted by molar-refractivity contribution is 5.04. The summed E-state index contributed by atoms with van der Waals surface area (Å²) in [6.07, 6.45) is 19.1. The molecular formula is C18H35N. The molecule has 0 aromatic carbocycles. The van der Waals surface area contributed by atoms with Crippen molar-refractivity contribution in [3.8, 4) is 0 Å². The molecule has 0 saturated carbocycles. The molecule has 0 unspecified atom stereocenters. The van der Waals surface area contributed by atoms with E-state index in [1.165, 1.54) is 90.1 Å². The van der Waals surface area contributed by atoms with Crippen LogP contribution in [0.2, 0.25) is 0 Å². The predicted molar refractivity (Wildman–Crippen MR) is 86.4 cm³/mol. The summed E-state index contributed by atoms with van der Waals surface area (Å²) in [7, 11) is 0. The first kappa shape index (κ1) is 16.6. The van der Waals surface area contributed by atoms with E-state index >= 15 is 0 Å². The van der Waals surface area contributed by atoms with Crippen LogP contribution in [-0.4, -0.2) is 18.0 Å². The summed E-state index contributed by atoms with van der Waals surface area (Å²) in [5.74, 6) is 0. The minimum atomic E-state index is 1.30. The molecule has 1 aliphatic carbocycles. The maximum absolute atomic E-state index is 2.71. The van der Waals surface area contributed by atoms with Gasteiger partial charge in [0.1, 0.15) is 0 Å². The van der Waals surface area contributed by atoms with Crippen LogP contribution in [-0.2, 0) is 0 Å². The van der Waals surface area contributed by atoms with Crippen molar-refractivity contribution in [2.75, 3.05) is 13.1 Å². The van der Waals surface area contributed by atoms with Crippen LogP contribution in [0.5, 0.6) is 0 Å². The minimum Gasteiger partial charge on any atom is -0.375 e. The lowest BCUT2D eigenvalue weighted by Crippen LogP contribution is -2.26. The van der Waals surface area contributed by atoms with Crippen molar-refractivity contribution < 1.29 is 0 Å². The minimum absolute atomic E-state index is 1.30. The van der Waals surface area contributed by atoms with E-state index in [-0.39, 0.29) is 0 Å². The SMILES string of the molecule is CCCCCCN(CCCCCC)C1=CCCCC1. The molecule has 1 rings (SSSR count). The van der Waals surface area contributed by atoms with E-state index < -0.39 is 0 Å². The van der Waals surface area contributed by atoms with Crippen LogP contribution in [0.3, 0.4) is 0 Å². The van der Waals surface area contributed by atoms with Gasteiger partial charge < -0.3 is 4.90 Å². The lowest BCUT2D eigenvalue weighted by Gasteiger charge is -2.30. The zero-order valence-electron chi connectivity index (χ0n) is 13.4. The smallest absolute Gasteiger partial charge is 0.0174 e. The van der Waals surface area contributed by atoms with Crippen molar-refractivity contribution >= 4 is 0 Å². The van der Waals surface area contributed by atoms with Gasteiger partial charge >= 0.3 is 0 Å². The molecular weight excluding hydrogens is 230 g/mol. The van der Waals surface area contributed by atoms with Crippen LogP contribution in [0, 0.1) is 0 Å². The van der Waals surface area contributed by atoms with Gasteiger partial charge in [-0.1, -0.05) is 58.4 Å². The summed E-state index contributed by atoms with van der Waals surface area (Å²) in [5, 5.41) is 0. The third-order valence-electron chi connectivity index (χ3n) is 4.24. The molecule has 0 heterocycles. The van der Waals surface area contributed by atoms with Gasteiger partial charge in [-0.25, -0.2) is 0 Å². The Balaban J connectivity index is 2.31. The summed E-state index contributed by atoms with van der Waals surface area (Å²) in [6, 6.07) is 0. The van der Waals surface area contributed by atoms with Gasteiger partial charge in [0.15, 0.2) is 0 Å². The summed E-state index contributed by atoms with van der Waals surface area (Å²) in [6.45, 7) is 7.20. The van der Waals surface area contributed by atoms with E-state index in [9.17, 15) is 0 Å². The van der Waals surface area contributed by atoms with E-state index in [4.69, 9.17) is 0 Å². The monoisotopic (exact) mass is 265 g/mol. The van der Waals surface area contributed by atoms with Crippen LogP contribution >= 0.6 is 0 Å². The third kappa shape index (κ3) is 7.64. The fourth-order valence-electron chi connectivity index (χ4n) is 2.97. The largest absolute Gasteiger partial charge is 0.375 e. The number of allylic oxidation sites excluding steroid dienone is 2. The Morgan fingerprint density at radius 3 is 1.95 bits per heavy atom. The second-order valence-electron chi connectivity index (χ2n) is 6.05. The number of unbranched alkanes of at least 4 members (excludes halogenated alkanes) is 6. The maximum Gasteiger partial charge on any atom is 0.0174 e. The van der Waals surface area contributed by atoms with Crippen molar-refractivity contribution in [1.29, 1.82) is 0 Å². The first-order valence-corrected chi connectivity index (χ1v) is 8.82. The molecule has 19 heavy (non-hydrogen) atoms. The second kappa shape index (κ2) is 11.4. The van der Waals surface area contributed by atoms with E-state index in [1.54, 1.807) is 5.70 Å². The van der Waals surface area contributed by atoms with E-state index in [2.05, 4.69) is 24.8 Å². The molecule has 0 radical (unpaired) electrons. The summed E-state index contributed by atoms with van der Waals surface area (Å²) in [5.41, 5.74) is 1.67. The Morgan fingerprint density at radius 2 is 1.47 bits per heavy atom. The topological polar surface area (TPSA) is 3.24 Å². The van der Waals surface area contributed by atoms with Crippen LogP contribution in [0.4, 0.5) is 0 Å². The Bertz CT molecular complexity index is 220. The summed E-state index contributed by atoms with van der Waals surface area (Å²) in [4.78, 5) is 2.71. The molecule has 0 saturated heterocycles. The Hall–Kier alpha value is -0.460. The van der Waals surface area contributed by atoms with E-state index in [0.29, 0.717) is 0 Å². The Morgan fingerprint density at radius 1 is 0.842 bits per heavy atom. The fourth-order valence-corrected chi connectivity index (χ4v) is 2.97. The second-order valence-corrected chi connectivity index (χ2v) is 6.05. The van der Waals surface area contributed by atoms with Crippen molar-refractivity contribution in [3.05, 3.63) is 11.8 Å². The van der Waals surface area contributed by atoms with Gasteiger partial charge in [-0.3, -0.25) is 0 Å². The summed E-state index contributed by atoms with van der Waals surface area (Å²) >= 11 is 0. The van der Waals surface area contributed by atoms with Crippen molar-refractivity contribution in [3.63, 3.8) is 0 Å². The van der Waals surface area contributed by atoms with Gasteiger partial charge in [0.25, 0.3) is 0 Å². The molecule has 0 fully saturated rings. The molecule has 1 nitrogen and oxygen atoms in total. The Labute approximate surface area is 121 Å². The van der Waals surface area contributed by atoms with Gasteiger partial charge in [0, 0.05) is 18.8 Å². The molecule has 112 valence electrons. The van der Waals surface area contributed by atoms with Gasteiger partial charge in [-0.15, -0.1) is 0 Å². The normalized spacial score (nSPS) is 15.4. The molecule has 0 atom stereocenters. The lowest BCUT2D eigenvalue weighted by atomic mass is 10.0. The molecule has 0 aromatic heterocycles. The molecule has 0 aliphatic heterocycles. The molecule has 1 heteroatoms. The lowest BCUT2D eigenvalue weighted by molar-refractivity contribution is 0.305. The third-order valence-corrected chi connectivity index (χ3v) is 4.24. The zero-order valence-corrected chi connectivity index (χ0v) is 13.4. The highest BCUT2D eigenvalue weighted by atomic mass is 15.1. The van der Waals surface area contributed by atoms with Gasteiger partial charge in [-0.05, 0) is 38.5 Å². The van der Waals surface area contributed by atoms with Gasteiger partial charge in [0.05, 0.1) is 0 Å². The quantitative estimate of drug-likeness (QED) is 0.420. The van der Waals surface area contributed by atoms with Crippen LogP contribution in [0.15, 0.2) is 11.8 Å². The summed E-state index contributed by atoms with van der Waals surface area (Å²) < 4.78 is 0. The van der Waals surface area contributed by atoms with E-state index in [1.807, 2.05) is 0 Å². The standard InChI is InChI=1S/C18H35N/c1-3-5-7-12-16-19(17-13-8-6-4-2)18-14-10-9-11-15-18/h14H,3-13,15-17H2,1-2H3. The van der Waals surface area contributed by atoms with Crippen molar-refractivity contribution in [2.45, 2.75) is 90.9 Å². The highest BCUT2D eigenvalue weighted by Crippen LogP contribution is 2.22. The molecule has 0 aromatic rings. The zero-order chi connectivity index (χ0) is 13.8. The first-order valence-electron chi connectivity index (χ1n) is 8.82. The molecule has 0 spiro atoms. The van der Waals surface area contributed by atoms with Gasteiger partial charge in [0.2, 0.25) is 0 Å². The van der Waals surface area contributed by atoms with Crippen molar-refractivity contribution in [2.24, 2.45) is 0 Å². The van der Waals surface area contributed by atoms with Crippen molar-refractivity contribution in [1.82, 2.24) is 4.90 Å². The maximum atomic E-state index is 2.71. The van der Waals surface area contributed by atoms with Crippen LogP contribution in [0.25, 0.3) is 0 Å². The molecule has 0 N–H and O–H groups in total. The van der Waals surface area contributed by atoms with Crippen LogP contribution in [0.1, 0.15) is 90.9 Å². The number of rotatable bonds is 11. The first-order chi connectivity index (χ1) is 9.38. The van der Waals surface area contributed by atoms with E-state index in [0.717, 1.165) is 0 Å². The highest BCUT2D eigenvalue weighted by Gasteiger charge is 2.11. The number of hydrogen-bond donors (Lipinski definition) is 0. The average Bonchev–Trinajstić information content (AvgIpc) is 2.46. The predicted octanol–water partition coefficient (Wildman–Crippen LogP) is 5.91. The number of hydrogen-bond acceptors (Lipinski definition) is 1. The average molecular weight is 265 g/mol. The molecule has 0 bridgehead atoms. The van der Waals surface area contributed by atoms with Gasteiger partial charge in [-0.2, -0.15) is 0 Å². The number of nitrogens with zero attached hydrogens (tertiary/aromatic N) is 1. The van der Waals surface area contributed by atoms with Crippen LogP contribution < -0.4 is 0 Å². The Kier molecular flexibility index (Phi) is 9.93.